The Kier molecular flexibility index (Phi) is 3.82. The number of rotatable bonds is 3. The van der Waals surface area contributed by atoms with E-state index in [-0.39, 0.29) is 17.9 Å². The second-order valence-corrected chi connectivity index (χ2v) is 4.74. The first kappa shape index (κ1) is 13.1. The molecular weight excluding hydrogens is 236 g/mol. The van der Waals surface area contributed by atoms with Crippen molar-refractivity contribution < 1.29 is 4.79 Å². The summed E-state index contributed by atoms with van der Waals surface area (Å²) in [6.07, 6.45) is 7.11. The van der Waals surface area contributed by atoms with Gasteiger partial charge in [-0.3, -0.25) is 9.78 Å². The van der Waals surface area contributed by atoms with E-state index in [4.69, 9.17) is 6.42 Å². The Labute approximate surface area is 113 Å². The highest BCUT2D eigenvalue weighted by molar-refractivity contribution is 6.05. The molecule has 0 bridgehead atoms. The zero-order valence-corrected chi connectivity index (χ0v) is 11.1. The molecule has 1 amide bonds. The van der Waals surface area contributed by atoms with Crippen LogP contribution in [0.5, 0.6) is 0 Å². The van der Waals surface area contributed by atoms with Crippen LogP contribution in [0.25, 0.3) is 10.9 Å². The van der Waals surface area contributed by atoms with Crippen LogP contribution >= 0.6 is 0 Å². The van der Waals surface area contributed by atoms with Crippen molar-refractivity contribution in [1.29, 1.82) is 0 Å². The molecule has 1 heterocycles. The molecule has 0 saturated heterocycles. The van der Waals surface area contributed by atoms with Crippen LogP contribution in [-0.4, -0.2) is 16.9 Å². The third kappa shape index (κ3) is 2.74. The number of hydrogen-bond donors (Lipinski definition) is 1. The van der Waals surface area contributed by atoms with Crippen LogP contribution < -0.4 is 5.32 Å². The van der Waals surface area contributed by atoms with Gasteiger partial charge < -0.3 is 5.32 Å². The topological polar surface area (TPSA) is 42.0 Å². The molecule has 1 unspecified atom stereocenters. The van der Waals surface area contributed by atoms with Gasteiger partial charge in [0.05, 0.1) is 17.1 Å². The molecule has 19 heavy (non-hydrogen) atoms. The highest BCUT2D eigenvalue weighted by Crippen LogP contribution is 2.16. The molecule has 0 radical (unpaired) electrons. The van der Waals surface area contributed by atoms with Gasteiger partial charge >= 0.3 is 0 Å². The largest absolute Gasteiger partial charge is 0.338 e. The van der Waals surface area contributed by atoms with Crippen LogP contribution in [-0.2, 0) is 0 Å². The van der Waals surface area contributed by atoms with Crippen LogP contribution in [0.1, 0.15) is 24.2 Å². The minimum atomic E-state index is -0.272. The predicted molar refractivity (Wildman–Crippen MR) is 76.7 cm³/mol. The zero-order chi connectivity index (χ0) is 13.8. The summed E-state index contributed by atoms with van der Waals surface area (Å²) in [6, 6.07) is 9.05. The average Bonchev–Trinajstić information content (AvgIpc) is 2.43. The number of pyridine rings is 1. The Morgan fingerprint density at radius 2 is 2.05 bits per heavy atom. The lowest BCUT2D eigenvalue weighted by Crippen LogP contribution is -2.37. The van der Waals surface area contributed by atoms with Gasteiger partial charge in [-0.05, 0) is 18.1 Å². The van der Waals surface area contributed by atoms with Crippen molar-refractivity contribution in [2.45, 2.75) is 19.9 Å². The molecule has 1 aromatic heterocycles. The maximum absolute atomic E-state index is 12.3. The molecule has 2 rings (SSSR count). The van der Waals surface area contributed by atoms with Gasteiger partial charge in [0.2, 0.25) is 0 Å². The van der Waals surface area contributed by atoms with E-state index in [9.17, 15) is 4.79 Å². The number of fused-ring (bicyclic) bond motifs is 1. The number of amides is 1. The van der Waals surface area contributed by atoms with Gasteiger partial charge in [-0.15, -0.1) is 6.42 Å². The lowest BCUT2D eigenvalue weighted by atomic mass is 10.0. The summed E-state index contributed by atoms with van der Waals surface area (Å²) in [5.74, 6) is 2.61. The Balaban J connectivity index is 2.35. The van der Waals surface area contributed by atoms with Crippen molar-refractivity contribution in [2.24, 2.45) is 5.92 Å². The molecule has 0 spiro atoms. The molecular formula is C16H16N2O. The molecule has 96 valence electrons. The van der Waals surface area contributed by atoms with Crippen molar-refractivity contribution in [3.63, 3.8) is 0 Å². The van der Waals surface area contributed by atoms with Gasteiger partial charge in [0.15, 0.2) is 0 Å². The van der Waals surface area contributed by atoms with E-state index in [1.807, 2.05) is 38.1 Å². The van der Waals surface area contributed by atoms with Crippen LogP contribution in [0.15, 0.2) is 36.5 Å². The van der Waals surface area contributed by atoms with E-state index in [0.29, 0.717) is 11.1 Å². The van der Waals surface area contributed by atoms with Crippen LogP contribution in [0.2, 0.25) is 0 Å². The van der Waals surface area contributed by atoms with Crippen molar-refractivity contribution in [1.82, 2.24) is 10.3 Å². The highest BCUT2D eigenvalue weighted by atomic mass is 16.1. The lowest BCUT2D eigenvalue weighted by Gasteiger charge is -2.17. The van der Waals surface area contributed by atoms with Gasteiger partial charge in [0, 0.05) is 11.6 Å². The van der Waals surface area contributed by atoms with E-state index < -0.39 is 0 Å². The fourth-order valence-corrected chi connectivity index (χ4v) is 1.91. The van der Waals surface area contributed by atoms with E-state index in [1.165, 1.54) is 0 Å². The second kappa shape index (κ2) is 5.53. The number of carbonyl (C=O) groups excluding carboxylic acids is 1. The second-order valence-electron chi connectivity index (χ2n) is 4.74. The van der Waals surface area contributed by atoms with E-state index in [1.54, 1.807) is 12.3 Å². The maximum Gasteiger partial charge on any atom is 0.254 e. The molecule has 0 fully saturated rings. The molecule has 0 aliphatic carbocycles. The summed E-state index contributed by atoms with van der Waals surface area (Å²) in [5, 5.41) is 3.80. The molecule has 0 aliphatic heterocycles. The molecule has 0 aliphatic rings. The summed E-state index contributed by atoms with van der Waals surface area (Å²) in [7, 11) is 0. The first-order chi connectivity index (χ1) is 9.13. The summed E-state index contributed by atoms with van der Waals surface area (Å²) in [4.78, 5) is 16.6. The molecule has 1 aromatic carbocycles. The smallest absolute Gasteiger partial charge is 0.254 e. The minimum absolute atomic E-state index is 0.180. The van der Waals surface area contributed by atoms with Crippen LogP contribution in [0.3, 0.4) is 0 Å². The average molecular weight is 252 g/mol. The maximum atomic E-state index is 12.3. The molecule has 1 atom stereocenters. The molecule has 2 aromatic rings. The van der Waals surface area contributed by atoms with Crippen molar-refractivity contribution in [2.75, 3.05) is 0 Å². The number of nitrogens with zero attached hydrogens (tertiary/aromatic N) is 1. The van der Waals surface area contributed by atoms with E-state index in [2.05, 4.69) is 16.2 Å². The summed E-state index contributed by atoms with van der Waals surface area (Å²) in [6.45, 7) is 3.96. The van der Waals surface area contributed by atoms with Crippen molar-refractivity contribution >= 4 is 16.8 Å². The number of nitrogens with one attached hydrogen (secondary N) is 1. The standard InChI is InChI=1S/C16H16N2O/c1-4-14(11(2)3)18-16(19)13-9-5-7-12-8-6-10-17-15(12)13/h1,5-11,14H,2-3H3,(H,18,19). The normalized spacial score (nSPS) is 12.1. The third-order valence-corrected chi connectivity index (χ3v) is 3.01. The van der Waals surface area contributed by atoms with Gasteiger partial charge in [-0.2, -0.15) is 0 Å². The van der Waals surface area contributed by atoms with Crippen molar-refractivity contribution in [3.8, 4) is 12.3 Å². The number of hydrogen-bond acceptors (Lipinski definition) is 2. The summed E-state index contributed by atoms with van der Waals surface area (Å²) < 4.78 is 0. The van der Waals surface area contributed by atoms with Gasteiger partial charge in [-0.25, -0.2) is 0 Å². The monoisotopic (exact) mass is 252 g/mol. The number of terminal acetylenes is 1. The fraction of sp³-hybridized carbons (Fsp3) is 0.250. The number of aromatic nitrogens is 1. The molecule has 3 heteroatoms. The Bertz CT molecular complexity index is 635. The summed E-state index contributed by atoms with van der Waals surface area (Å²) in [5.41, 5.74) is 1.25. The Morgan fingerprint density at radius 1 is 1.32 bits per heavy atom. The number of benzene rings is 1. The predicted octanol–water partition coefficient (Wildman–Crippen LogP) is 2.62. The zero-order valence-electron chi connectivity index (χ0n) is 11.1. The number of carbonyl (C=O) groups is 1. The van der Waals surface area contributed by atoms with Crippen molar-refractivity contribution in [3.05, 3.63) is 42.1 Å². The van der Waals surface area contributed by atoms with Gasteiger partial charge in [0.25, 0.3) is 5.91 Å². The van der Waals surface area contributed by atoms with Gasteiger partial charge in [0.1, 0.15) is 0 Å². The third-order valence-electron chi connectivity index (χ3n) is 3.01. The first-order valence-electron chi connectivity index (χ1n) is 6.24. The molecule has 0 saturated carbocycles. The molecule has 3 nitrogen and oxygen atoms in total. The SMILES string of the molecule is C#CC(NC(=O)c1cccc2cccnc12)C(C)C. The van der Waals surface area contributed by atoms with Gasteiger partial charge in [-0.1, -0.05) is 38.0 Å². The van der Waals surface area contributed by atoms with Crippen LogP contribution in [0.4, 0.5) is 0 Å². The summed E-state index contributed by atoms with van der Waals surface area (Å²) >= 11 is 0. The Hall–Kier alpha value is -2.34. The quantitative estimate of drug-likeness (QED) is 0.853. The van der Waals surface area contributed by atoms with E-state index in [0.717, 1.165) is 5.39 Å². The van der Waals surface area contributed by atoms with E-state index >= 15 is 0 Å². The van der Waals surface area contributed by atoms with Crippen LogP contribution in [0, 0.1) is 18.3 Å². The highest BCUT2D eigenvalue weighted by Gasteiger charge is 2.16. The Morgan fingerprint density at radius 3 is 2.74 bits per heavy atom. The fourth-order valence-electron chi connectivity index (χ4n) is 1.91. The molecule has 1 N–H and O–H groups in total. The first-order valence-corrected chi connectivity index (χ1v) is 6.24. The lowest BCUT2D eigenvalue weighted by molar-refractivity contribution is 0.0939. The minimum Gasteiger partial charge on any atom is -0.338 e. The number of para-hydroxylation sites is 1.